The predicted octanol–water partition coefficient (Wildman–Crippen LogP) is 2.39. The van der Waals surface area contributed by atoms with Crippen LogP contribution in [-0.4, -0.2) is 45.9 Å². The molecule has 0 spiro atoms. The number of benzene rings is 1. The van der Waals surface area contributed by atoms with Crippen molar-refractivity contribution in [3.05, 3.63) is 30.1 Å². The van der Waals surface area contributed by atoms with Crippen LogP contribution in [0.3, 0.4) is 0 Å². The Kier molecular flexibility index (Phi) is 3.46. The highest BCUT2D eigenvalue weighted by Crippen LogP contribution is 2.21. The molecule has 0 aliphatic carbocycles. The number of nitrogens with zero attached hydrogens (tertiary/aromatic N) is 2. The lowest BCUT2D eigenvalue weighted by Gasteiger charge is -2.14. The van der Waals surface area contributed by atoms with Crippen molar-refractivity contribution in [2.24, 2.45) is 5.92 Å². The van der Waals surface area contributed by atoms with Crippen molar-refractivity contribution in [3.8, 4) is 0 Å². The molecule has 1 aromatic heterocycles. The maximum absolute atomic E-state index is 12.4. The summed E-state index contributed by atoms with van der Waals surface area (Å²) in [5, 5.41) is 0. The number of likely N-dealkylation sites (tertiary alicyclic amines) is 1. The van der Waals surface area contributed by atoms with E-state index in [0.717, 1.165) is 36.3 Å². The molecule has 0 bridgehead atoms. The molecule has 1 aliphatic heterocycles. The third-order valence-electron chi connectivity index (χ3n) is 3.57. The lowest BCUT2D eigenvalue weighted by Crippen LogP contribution is -2.29. The number of para-hydroxylation sites is 2. The summed E-state index contributed by atoms with van der Waals surface area (Å²) < 4.78 is 0. The first-order chi connectivity index (χ1) is 9.28. The van der Waals surface area contributed by atoms with E-state index in [4.69, 9.17) is 0 Å². The fourth-order valence-electron chi connectivity index (χ4n) is 2.59. The minimum absolute atomic E-state index is 0.0276. The summed E-state index contributed by atoms with van der Waals surface area (Å²) in [5.41, 5.74) is 1.77. The van der Waals surface area contributed by atoms with Gasteiger partial charge in [0, 0.05) is 13.1 Å². The molecule has 1 amide bonds. The van der Waals surface area contributed by atoms with Gasteiger partial charge in [0.2, 0.25) is 0 Å². The van der Waals surface area contributed by atoms with E-state index in [1.54, 1.807) is 0 Å². The summed E-state index contributed by atoms with van der Waals surface area (Å²) >= 11 is 1.85. The maximum Gasteiger partial charge on any atom is 0.289 e. The number of aromatic nitrogens is 2. The Morgan fingerprint density at radius 3 is 3.16 bits per heavy atom. The second kappa shape index (κ2) is 5.25. The number of hydrogen-bond donors (Lipinski definition) is 1. The normalized spacial score (nSPS) is 19.2. The number of carbonyl (C=O) groups excluding carboxylic acids is 1. The van der Waals surface area contributed by atoms with Crippen LogP contribution in [0.2, 0.25) is 0 Å². The molecule has 1 N–H and O–H groups in total. The lowest BCUT2D eigenvalue weighted by molar-refractivity contribution is 0.0778. The Labute approximate surface area is 116 Å². The van der Waals surface area contributed by atoms with Crippen LogP contribution in [0, 0.1) is 5.92 Å². The first-order valence-electron chi connectivity index (χ1n) is 6.51. The summed E-state index contributed by atoms with van der Waals surface area (Å²) in [6.45, 7) is 1.71. The molecule has 19 heavy (non-hydrogen) atoms. The fourth-order valence-corrected chi connectivity index (χ4v) is 3.34. The summed E-state index contributed by atoms with van der Waals surface area (Å²) in [7, 11) is 0. The van der Waals surface area contributed by atoms with Crippen molar-refractivity contribution in [1.29, 1.82) is 0 Å². The zero-order chi connectivity index (χ0) is 13.2. The van der Waals surface area contributed by atoms with Gasteiger partial charge < -0.3 is 9.88 Å². The van der Waals surface area contributed by atoms with Gasteiger partial charge >= 0.3 is 0 Å². The number of rotatable bonds is 3. The van der Waals surface area contributed by atoms with Gasteiger partial charge in [0.25, 0.3) is 5.91 Å². The highest BCUT2D eigenvalue weighted by molar-refractivity contribution is 7.98. The molecule has 1 unspecified atom stereocenters. The SMILES string of the molecule is CSCC1CCN(C(=O)c2nc3ccccc3[nH]2)C1. The molecule has 1 fully saturated rings. The van der Waals surface area contributed by atoms with E-state index in [1.807, 2.05) is 40.9 Å². The minimum Gasteiger partial charge on any atom is -0.336 e. The second-order valence-electron chi connectivity index (χ2n) is 4.96. The van der Waals surface area contributed by atoms with Crippen molar-refractivity contribution in [1.82, 2.24) is 14.9 Å². The van der Waals surface area contributed by atoms with Crippen LogP contribution in [0.5, 0.6) is 0 Å². The van der Waals surface area contributed by atoms with Gasteiger partial charge in [-0.2, -0.15) is 11.8 Å². The number of fused-ring (bicyclic) bond motifs is 1. The molecule has 2 heterocycles. The molecule has 1 aliphatic rings. The number of hydrogen-bond acceptors (Lipinski definition) is 3. The first-order valence-corrected chi connectivity index (χ1v) is 7.90. The Hall–Kier alpha value is -1.49. The molecular formula is C14H17N3OS. The number of thioether (sulfide) groups is 1. The fraction of sp³-hybridized carbons (Fsp3) is 0.429. The second-order valence-corrected chi connectivity index (χ2v) is 5.87. The van der Waals surface area contributed by atoms with Gasteiger partial charge in [0.15, 0.2) is 5.82 Å². The number of carbonyl (C=O) groups is 1. The van der Waals surface area contributed by atoms with Crippen molar-refractivity contribution in [3.63, 3.8) is 0 Å². The van der Waals surface area contributed by atoms with Gasteiger partial charge in [-0.1, -0.05) is 12.1 Å². The number of H-pyrrole nitrogens is 1. The number of amides is 1. The average molecular weight is 275 g/mol. The van der Waals surface area contributed by atoms with Crippen molar-refractivity contribution >= 4 is 28.7 Å². The van der Waals surface area contributed by atoms with Gasteiger partial charge in [-0.25, -0.2) is 4.98 Å². The molecular weight excluding hydrogens is 258 g/mol. The minimum atomic E-state index is 0.0276. The quantitative estimate of drug-likeness (QED) is 0.935. The topological polar surface area (TPSA) is 49.0 Å². The summed E-state index contributed by atoms with van der Waals surface area (Å²) in [6.07, 6.45) is 3.22. The van der Waals surface area contributed by atoms with Gasteiger partial charge in [0.1, 0.15) is 0 Å². The summed E-state index contributed by atoms with van der Waals surface area (Å²) in [4.78, 5) is 21.8. The number of imidazole rings is 1. The summed E-state index contributed by atoms with van der Waals surface area (Å²) in [5.74, 6) is 2.25. The standard InChI is InChI=1S/C14H17N3OS/c1-19-9-10-6-7-17(8-10)14(18)13-15-11-4-2-3-5-12(11)16-13/h2-5,10H,6-9H2,1H3,(H,15,16). The van der Waals surface area contributed by atoms with E-state index in [1.165, 1.54) is 0 Å². The Morgan fingerprint density at radius 1 is 1.53 bits per heavy atom. The van der Waals surface area contributed by atoms with Crippen molar-refractivity contribution in [2.75, 3.05) is 25.1 Å². The average Bonchev–Trinajstić information content (AvgIpc) is 3.04. The summed E-state index contributed by atoms with van der Waals surface area (Å²) in [6, 6.07) is 7.74. The third kappa shape index (κ3) is 2.47. The number of nitrogens with one attached hydrogen (secondary N) is 1. The van der Waals surface area contributed by atoms with Gasteiger partial charge in [-0.3, -0.25) is 4.79 Å². The Morgan fingerprint density at radius 2 is 2.37 bits per heavy atom. The van der Waals surface area contributed by atoms with Crippen LogP contribution in [0.15, 0.2) is 24.3 Å². The maximum atomic E-state index is 12.4. The molecule has 1 aromatic carbocycles. The predicted molar refractivity (Wildman–Crippen MR) is 78.5 cm³/mol. The molecule has 0 radical (unpaired) electrons. The van der Waals surface area contributed by atoms with E-state index in [9.17, 15) is 4.79 Å². The largest absolute Gasteiger partial charge is 0.336 e. The Bertz CT molecular complexity index is 562. The van der Waals surface area contributed by atoms with Crippen LogP contribution in [0.4, 0.5) is 0 Å². The molecule has 4 nitrogen and oxygen atoms in total. The van der Waals surface area contributed by atoms with Crippen LogP contribution in [0.25, 0.3) is 11.0 Å². The molecule has 100 valence electrons. The molecule has 5 heteroatoms. The molecule has 0 saturated carbocycles. The first kappa shape index (κ1) is 12.5. The zero-order valence-corrected chi connectivity index (χ0v) is 11.7. The highest BCUT2D eigenvalue weighted by atomic mass is 32.2. The van der Waals surface area contributed by atoms with Crippen LogP contribution >= 0.6 is 11.8 Å². The van der Waals surface area contributed by atoms with Crippen molar-refractivity contribution in [2.45, 2.75) is 6.42 Å². The van der Waals surface area contributed by atoms with Crippen molar-refractivity contribution < 1.29 is 4.79 Å². The van der Waals surface area contributed by atoms with E-state index in [2.05, 4.69) is 16.2 Å². The van der Waals surface area contributed by atoms with Crippen LogP contribution < -0.4 is 0 Å². The van der Waals surface area contributed by atoms with Gasteiger partial charge in [0.05, 0.1) is 11.0 Å². The Balaban J connectivity index is 1.77. The smallest absolute Gasteiger partial charge is 0.289 e. The van der Waals surface area contributed by atoms with E-state index in [-0.39, 0.29) is 5.91 Å². The molecule has 3 rings (SSSR count). The van der Waals surface area contributed by atoms with Crippen LogP contribution in [0.1, 0.15) is 17.0 Å². The molecule has 1 saturated heterocycles. The zero-order valence-electron chi connectivity index (χ0n) is 10.9. The van der Waals surface area contributed by atoms with E-state index < -0.39 is 0 Å². The van der Waals surface area contributed by atoms with E-state index in [0.29, 0.717) is 11.7 Å². The van der Waals surface area contributed by atoms with E-state index >= 15 is 0 Å². The third-order valence-corrected chi connectivity index (χ3v) is 4.37. The van der Waals surface area contributed by atoms with Crippen LogP contribution in [-0.2, 0) is 0 Å². The van der Waals surface area contributed by atoms with Gasteiger partial charge in [-0.15, -0.1) is 0 Å². The monoisotopic (exact) mass is 275 g/mol. The molecule has 2 aromatic rings. The highest BCUT2D eigenvalue weighted by Gasteiger charge is 2.28. The van der Waals surface area contributed by atoms with Gasteiger partial charge in [-0.05, 0) is 36.5 Å². The molecule has 1 atom stereocenters. The number of aromatic amines is 1. The lowest BCUT2D eigenvalue weighted by atomic mass is 10.2.